The smallest absolute Gasteiger partial charge is 0.234 e. The maximum atomic E-state index is 12.8. The lowest BCUT2D eigenvalue weighted by Gasteiger charge is -2.28. The fourth-order valence-corrected chi connectivity index (χ4v) is 4.29. The average molecular weight is 380 g/mol. The monoisotopic (exact) mass is 380 g/mol. The first-order chi connectivity index (χ1) is 13.6. The summed E-state index contributed by atoms with van der Waals surface area (Å²) in [5.41, 5.74) is 3.71. The Kier molecular flexibility index (Phi) is 5.53. The number of nitrogens with zero attached hydrogens (tertiary/aromatic N) is 1. The second-order valence-corrected chi connectivity index (χ2v) is 7.78. The van der Waals surface area contributed by atoms with Crippen LogP contribution < -0.4 is 14.8 Å². The number of carbonyl (C=O) groups excluding carboxylic acids is 1. The van der Waals surface area contributed by atoms with Crippen molar-refractivity contribution in [2.24, 2.45) is 0 Å². The second kappa shape index (κ2) is 8.23. The fraction of sp³-hybridized carbons (Fsp3) is 0.435. The van der Waals surface area contributed by atoms with E-state index in [9.17, 15) is 4.79 Å². The molecule has 1 heterocycles. The van der Waals surface area contributed by atoms with Crippen LogP contribution in [0.5, 0.6) is 11.5 Å². The summed E-state index contributed by atoms with van der Waals surface area (Å²) in [7, 11) is 1.65. The van der Waals surface area contributed by atoms with Gasteiger partial charge in [0.15, 0.2) is 0 Å². The molecule has 2 unspecified atom stereocenters. The number of benzene rings is 2. The van der Waals surface area contributed by atoms with Crippen molar-refractivity contribution in [3.8, 4) is 11.5 Å². The predicted octanol–water partition coefficient (Wildman–Crippen LogP) is 3.47. The van der Waals surface area contributed by atoms with Crippen LogP contribution in [0, 0.1) is 0 Å². The van der Waals surface area contributed by atoms with Gasteiger partial charge in [-0.3, -0.25) is 9.69 Å². The van der Waals surface area contributed by atoms with E-state index in [1.165, 1.54) is 11.1 Å². The van der Waals surface area contributed by atoms with Crippen LogP contribution in [-0.2, 0) is 17.8 Å². The SMILES string of the molecule is COc1ccc2c(c1)OC(C)CN(CC(=O)NC1CCCc3ccccc31)C2. The molecule has 2 aromatic carbocycles. The quantitative estimate of drug-likeness (QED) is 0.882. The van der Waals surface area contributed by atoms with E-state index in [2.05, 4.69) is 34.5 Å². The largest absolute Gasteiger partial charge is 0.497 e. The molecule has 2 aromatic rings. The molecule has 2 aliphatic rings. The topological polar surface area (TPSA) is 50.8 Å². The highest BCUT2D eigenvalue weighted by molar-refractivity contribution is 5.78. The Bertz CT molecular complexity index is 851. The summed E-state index contributed by atoms with van der Waals surface area (Å²) in [5, 5.41) is 3.26. The second-order valence-electron chi connectivity index (χ2n) is 7.78. The van der Waals surface area contributed by atoms with Gasteiger partial charge in [0.1, 0.15) is 17.6 Å². The standard InChI is InChI=1S/C23H28N2O3/c1-16-13-25(14-18-10-11-19(27-2)12-22(18)28-16)15-23(26)24-21-9-5-7-17-6-3-4-8-20(17)21/h3-4,6,8,10-12,16,21H,5,7,9,13-15H2,1-2H3,(H,24,26). The molecule has 0 bridgehead atoms. The Hall–Kier alpha value is -2.53. The van der Waals surface area contributed by atoms with Crippen LogP contribution in [0.15, 0.2) is 42.5 Å². The number of amides is 1. The lowest BCUT2D eigenvalue weighted by molar-refractivity contribution is -0.123. The van der Waals surface area contributed by atoms with Gasteiger partial charge in [-0.05, 0) is 43.4 Å². The number of carbonyl (C=O) groups is 1. The first-order valence-corrected chi connectivity index (χ1v) is 10.1. The van der Waals surface area contributed by atoms with Crippen LogP contribution in [0.25, 0.3) is 0 Å². The number of aryl methyl sites for hydroxylation is 1. The molecule has 1 N–H and O–H groups in total. The molecule has 5 heteroatoms. The Morgan fingerprint density at radius 3 is 2.96 bits per heavy atom. The molecule has 0 saturated heterocycles. The van der Waals surface area contributed by atoms with Gasteiger partial charge >= 0.3 is 0 Å². The Morgan fingerprint density at radius 2 is 2.11 bits per heavy atom. The van der Waals surface area contributed by atoms with Gasteiger partial charge in [0.2, 0.25) is 5.91 Å². The number of ether oxygens (including phenoxy) is 2. The molecule has 0 aromatic heterocycles. The minimum atomic E-state index is 0.0107. The molecule has 0 fully saturated rings. The van der Waals surface area contributed by atoms with Crippen molar-refractivity contribution in [1.29, 1.82) is 0 Å². The van der Waals surface area contributed by atoms with Crippen molar-refractivity contribution in [1.82, 2.24) is 10.2 Å². The van der Waals surface area contributed by atoms with E-state index in [0.717, 1.165) is 36.3 Å². The van der Waals surface area contributed by atoms with Gasteiger partial charge in [-0.1, -0.05) is 30.3 Å². The molecule has 28 heavy (non-hydrogen) atoms. The molecule has 4 rings (SSSR count). The van der Waals surface area contributed by atoms with Gasteiger partial charge < -0.3 is 14.8 Å². The first-order valence-electron chi connectivity index (χ1n) is 10.1. The number of hydrogen-bond acceptors (Lipinski definition) is 4. The van der Waals surface area contributed by atoms with Gasteiger partial charge in [-0.2, -0.15) is 0 Å². The minimum Gasteiger partial charge on any atom is -0.497 e. The molecular formula is C23H28N2O3. The van der Waals surface area contributed by atoms with Crippen LogP contribution in [0.4, 0.5) is 0 Å². The van der Waals surface area contributed by atoms with Gasteiger partial charge in [0.05, 0.1) is 19.7 Å². The van der Waals surface area contributed by atoms with E-state index in [-0.39, 0.29) is 18.1 Å². The lowest BCUT2D eigenvalue weighted by atomic mass is 9.88. The van der Waals surface area contributed by atoms with Gasteiger partial charge in [0.25, 0.3) is 0 Å². The van der Waals surface area contributed by atoms with E-state index in [4.69, 9.17) is 9.47 Å². The zero-order valence-electron chi connectivity index (χ0n) is 16.6. The normalized spacial score (nSPS) is 21.6. The molecule has 0 saturated carbocycles. The van der Waals surface area contributed by atoms with Crippen molar-refractivity contribution in [2.45, 2.75) is 44.9 Å². The minimum absolute atomic E-state index is 0.0107. The predicted molar refractivity (Wildman–Crippen MR) is 109 cm³/mol. The van der Waals surface area contributed by atoms with Crippen LogP contribution >= 0.6 is 0 Å². The zero-order chi connectivity index (χ0) is 19.5. The fourth-order valence-electron chi connectivity index (χ4n) is 4.29. The molecule has 5 nitrogen and oxygen atoms in total. The molecule has 2 atom stereocenters. The number of rotatable bonds is 4. The summed E-state index contributed by atoms with van der Waals surface area (Å²) in [6, 6.07) is 14.5. The summed E-state index contributed by atoms with van der Waals surface area (Å²) in [6.07, 6.45) is 3.23. The zero-order valence-corrected chi connectivity index (χ0v) is 16.6. The molecule has 0 radical (unpaired) electrons. The van der Waals surface area contributed by atoms with Crippen LogP contribution in [-0.4, -0.2) is 37.1 Å². The van der Waals surface area contributed by atoms with Gasteiger partial charge in [0, 0.05) is 24.7 Å². The molecule has 148 valence electrons. The van der Waals surface area contributed by atoms with Gasteiger partial charge in [-0.25, -0.2) is 0 Å². The van der Waals surface area contributed by atoms with E-state index in [1.807, 2.05) is 25.1 Å². The van der Waals surface area contributed by atoms with Crippen molar-refractivity contribution in [3.05, 3.63) is 59.2 Å². The molecular weight excluding hydrogens is 352 g/mol. The van der Waals surface area contributed by atoms with Crippen molar-refractivity contribution in [3.63, 3.8) is 0 Å². The third-order valence-corrected chi connectivity index (χ3v) is 5.58. The lowest BCUT2D eigenvalue weighted by Crippen LogP contribution is -2.41. The third kappa shape index (κ3) is 4.14. The van der Waals surface area contributed by atoms with Gasteiger partial charge in [-0.15, -0.1) is 0 Å². The number of hydrogen-bond donors (Lipinski definition) is 1. The van der Waals surface area contributed by atoms with E-state index >= 15 is 0 Å². The summed E-state index contributed by atoms with van der Waals surface area (Å²) >= 11 is 0. The third-order valence-electron chi connectivity index (χ3n) is 5.58. The first kappa shape index (κ1) is 18.8. The van der Waals surface area contributed by atoms with E-state index in [1.54, 1.807) is 7.11 Å². The van der Waals surface area contributed by atoms with Crippen molar-refractivity contribution >= 4 is 5.91 Å². The number of nitrogens with one attached hydrogen (secondary N) is 1. The maximum Gasteiger partial charge on any atom is 0.234 e. The Morgan fingerprint density at radius 1 is 1.25 bits per heavy atom. The molecule has 0 spiro atoms. The van der Waals surface area contributed by atoms with Crippen molar-refractivity contribution in [2.75, 3.05) is 20.2 Å². The van der Waals surface area contributed by atoms with Crippen LogP contribution in [0.2, 0.25) is 0 Å². The summed E-state index contributed by atoms with van der Waals surface area (Å²) < 4.78 is 11.4. The average Bonchev–Trinajstić information content (AvgIpc) is 2.84. The summed E-state index contributed by atoms with van der Waals surface area (Å²) in [4.78, 5) is 15.0. The molecule has 1 amide bonds. The van der Waals surface area contributed by atoms with Crippen molar-refractivity contribution < 1.29 is 14.3 Å². The number of methoxy groups -OCH3 is 1. The number of fused-ring (bicyclic) bond motifs is 2. The highest BCUT2D eigenvalue weighted by atomic mass is 16.5. The van der Waals surface area contributed by atoms with Crippen LogP contribution in [0.1, 0.15) is 42.5 Å². The van der Waals surface area contributed by atoms with E-state index in [0.29, 0.717) is 19.6 Å². The molecule has 1 aliphatic heterocycles. The summed E-state index contributed by atoms with van der Waals surface area (Å²) in [5.74, 6) is 1.70. The summed E-state index contributed by atoms with van der Waals surface area (Å²) in [6.45, 7) is 3.82. The Balaban J connectivity index is 1.43. The highest BCUT2D eigenvalue weighted by Crippen LogP contribution is 2.31. The van der Waals surface area contributed by atoms with Crippen LogP contribution in [0.3, 0.4) is 0 Å². The maximum absolute atomic E-state index is 12.8. The van der Waals surface area contributed by atoms with E-state index < -0.39 is 0 Å². The Labute approximate surface area is 166 Å². The highest BCUT2D eigenvalue weighted by Gasteiger charge is 2.25. The molecule has 1 aliphatic carbocycles.